The Morgan fingerprint density at radius 2 is 1.74 bits per heavy atom. The molecule has 0 spiro atoms. The number of hydrogen-bond donors (Lipinski definition) is 2. The van der Waals surface area contributed by atoms with E-state index in [9.17, 15) is 27.6 Å². The standard InChI is InChI=1S/C29H44F3N5O4S/c1-20-14-21(16-22(15-20)29(30,31)32)19-41-28(40)36-23(8-3-5-10-33)17-26(38)37-24(9-4-6-11-34)27(39)35(18-25(36)37)12-7-13-42-2/h14-16,23-25H,3-13,17-19,33-34H2,1-2H3/t23?,24-,25?/m0/s1. The second kappa shape index (κ2) is 15.8. The first-order chi connectivity index (χ1) is 20.0. The molecule has 0 saturated carbocycles. The molecule has 2 heterocycles. The molecule has 1 aromatic carbocycles. The topological polar surface area (TPSA) is 122 Å². The summed E-state index contributed by atoms with van der Waals surface area (Å²) in [6.07, 6.45) is 0.516. The van der Waals surface area contributed by atoms with Gasteiger partial charge >= 0.3 is 12.3 Å². The van der Waals surface area contributed by atoms with Crippen LogP contribution in [-0.2, 0) is 27.1 Å². The Labute approximate surface area is 250 Å². The lowest BCUT2D eigenvalue weighted by Crippen LogP contribution is -2.73. The Balaban J connectivity index is 1.91. The van der Waals surface area contributed by atoms with Crippen molar-refractivity contribution in [3.8, 4) is 0 Å². The number of benzene rings is 1. The van der Waals surface area contributed by atoms with Crippen LogP contribution in [-0.4, -0.2) is 89.0 Å². The number of nitrogens with zero attached hydrogens (tertiary/aromatic N) is 3. The molecule has 2 aliphatic heterocycles. The highest BCUT2D eigenvalue weighted by molar-refractivity contribution is 7.98. The maximum Gasteiger partial charge on any atom is 0.416 e. The fraction of sp³-hybridized carbons (Fsp3) is 0.690. The molecule has 0 radical (unpaired) electrons. The van der Waals surface area contributed by atoms with Crippen molar-refractivity contribution in [2.75, 3.05) is 38.2 Å². The number of fused-ring (bicyclic) bond motifs is 1. The largest absolute Gasteiger partial charge is 0.444 e. The summed E-state index contributed by atoms with van der Waals surface area (Å²) in [5, 5.41) is 0. The molecule has 236 valence electrons. The van der Waals surface area contributed by atoms with E-state index in [2.05, 4.69) is 0 Å². The van der Waals surface area contributed by atoms with Crippen LogP contribution in [0.1, 0.15) is 68.1 Å². The molecule has 4 N–H and O–H groups in total. The zero-order valence-corrected chi connectivity index (χ0v) is 25.4. The highest BCUT2D eigenvalue weighted by Crippen LogP contribution is 2.34. The molecular weight excluding hydrogens is 571 g/mol. The maximum absolute atomic E-state index is 13.8. The molecule has 3 rings (SSSR count). The first kappa shape index (κ1) is 34.0. The maximum atomic E-state index is 13.8. The summed E-state index contributed by atoms with van der Waals surface area (Å²) in [4.78, 5) is 45.7. The summed E-state index contributed by atoms with van der Waals surface area (Å²) in [5.74, 6) is 0.538. The Kier molecular flexibility index (Phi) is 12.8. The Morgan fingerprint density at radius 1 is 1.05 bits per heavy atom. The van der Waals surface area contributed by atoms with Gasteiger partial charge < -0.3 is 26.0 Å². The molecule has 0 bridgehead atoms. The lowest BCUT2D eigenvalue weighted by molar-refractivity contribution is -0.172. The number of piperazine rings is 1. The van der Waals surface area contributed by atoms with Crippen molar-refractivity contribution >= 4 is 29.7 Å². The third-order valence-electron chi connectivity index (χ3n) is 7.79. The van der Waals surface area contributed by atoms with Crippen LogP contribution in [0.25, 0.3) is 0 Å². The van der Waals surface area contributed by atoms with Crippen molar-refractivity contribution < 1.29 is 32.3 Å². The van der Waals surface area contributed by atoms with E-state index >= 15 is 0 Å². The number of unbranched alkanes of at least 4 members (excludes halogenated alkanes) is 2. The van der Waals surface area contributed by atoms with E-state index < -0.39 is 36.1 Å². The lowest BCUT2D eigenvalue weighted by Gasteiger charge is -2.54. The zero-order chi connectivity index (χ0) is 30.9. The van der Waals surface area contributed by atoms with Gasteiger partial charge in [0.15, 0.2) is 0 Å². The van der Waals surface area contributed by atoms with Gasteiger partial charge in [-0.1, -0.05) is 18.1 Å². The van der Waals surface area contributed by atoms with Crippen molar-refractivity contribution in [2.45, 2.75) is 89.3 Å². The molecule has 42 heavy (non-hydrogen) atoms. The van der Waals surface area contributed by atoms with E-state index in [0.717, 1.165) is 24.3 Å². The van der Waals surface area contributed by atoms with E-state index in [1.54, 1.807) is 39.5 Å². The highest BCUT2D eigenvalue weighted by Gasteiger charge is 2.51. The van der Waals surface area contributed by atoms with E-state index in [0.29, 0.717) is 63.7 Å². The number of rotatable bonds is 14. The molecular formula is C29H44F3N5O4S. The Hall–Kier alpha value is -2.51. The second-order valence-corrected chi connectivity index (χ2v) is 12.0. The molecule has 1 aromatic rings. The quantitative estimate of drug-likeness (QED) is 0.302. The summed E-state index contributed by atoms with van der Waals surface area (Å²) >= 11 is 1.68. The third kappa shape index (κ3) is 8.76. The molecule has 2 saturated heterocycles. The minimum Gasteiger partial charge on any atom is -0.444 e. The lowest BCUT2D eigenvalue weighted by atomic mass is 9.94. The van der Waals surface area contributed by atoms with Crippen LogP contribution in [0.2, 0.25) is 0 Å². The fourth-order valence-corrected chi connectivity index (χ4v) is 6.25. The Morgan fingerprint density at radius 3 is 2.38 bits per heavy atom. The molecule has 3 amide bonds. The van der Waals surface area contributed by atoms with Gasteiger partial charge in [-0.05, 0) is 88.2 Å². The zero-order valence-electron chi connectivity index (χ0n) is 24.5. The van der Waals surface area contributed by atoms with Gasteiger partial charge in [0.2, 0.25) is 11.8 Å². The molecule has 0 aromatic heterocycles. The van der Waals surface area contributed by atoms with Crippen LogP contribution >= 0.6 is 11.8 Å². The van der Waals surface area contributed by atoms with Crippen molar-refractivity contribution in [3.63, 3.8) is 0 Å². The van der Waals surface area contributed by atoms with Crippen molar-refractivity contribution in [1.82, 2.24) is 14.7 Å². The Bertz CT molecular complexity index is 1080. The number of halogens is 3. The number of carbonyl (C=O) groups is 3. The summed E-state index contributed by atoms with van der Waals surface area (Å²) in [6, 6.07) is 2.37. The molecule has 0 aliphatic carbocycles. The molecule has 13 heteroatoms. The second-order valence-electron chi connectivity index (χ2n) is 11.0. The smallest absolute Gasteiger partial charge is 0.416 e. The minimum absolute atomic E-state index is 0.0337. The highest BCUT2D eigenvalue weighted by atomic mass is 32.2. The fourth-order valence-electron chi connectivity index (χ4n) is 5.83. The normalized spacial score (nSPS) is 21.1. The number of alkyl halides is 3. The van der Waals surface area contributed by atoms with E-state index in [4.69, 9.17) is 16.2 Å². The molecule has 2 fully saturated rings. The minimum atomic E-state index is -4.53. The van der Waals surface area contributed by atoms with Gasteiger partial charge in [0.05, 0.1) is 12.1 Å². The monoisotopic (exact) mass is 615 g/mol. The van der Waals surface area contributed by atoms with E-state index in [1.807, 2.05) is 6.26 Å². The van der Waals surface area contributed by atoms with Gasteiger partial charge in [-0.3, -0.25) is 14.5 Å². The van der Waals surface area contributed by atoms with Crippen molar-refractivity contribution in [2.24, 2.45) is 11.5 Å². The van der Waals surface area contributed by atoms with Gasteiger partial charge in [-0.2, -0.15) is 24.9 Å². The van der Waals surface area contributed by atoms with Crippen molar-refractivity contribution in [3.05, 3.63) is 34.9 Å². The summed E-state index contributed by atoms with van der Waals surface area (Å²) in [6.45, 7) is 2.78. The van der Waals surface area contributed by atoms with Gasteiger partial charge in [0.25, 0.3) is 0 Å². The van der Waals surface area contributed by atoms with Crippen LogP contribution in [0.4, 0.5) is 18.0 Å². The van der Waals surface area contributed by atoms with Crippen LogP contribution in [0.3, 0.4) is 0 Å². The number of carbonyl (C=O) groups excluding carboxylic acids is 3. The summed E-state index contributed by atoms with van der Waals surface area (Å²) < 4.78 is 45.8. The molecule has 2 aliphatic rings. The third-order valence-corrected chi connectivity index (χ3v) is 8.48. The first-order valence-corrected chi connectivity index (χ1v) is 16.0. The van der Waals surface area contributed by atoms with Gasteiger partial charge in [0, 0.05) is 19.0 Å². The van der Waals surface area contributed by atoms with Crippen LogP contribution in [0.15, 0.2) is 18.2 Å². The average molecular weight is 616 g/mol. The summed E-state index contributed by atoms with van der Waals surface area (Å²) in [5.41, 5.74) is 11.2. The average Bonchev–Trinajstić information content (AvgIpc) is 2.93. The number of hydrogen-bond acceptors (Lipinski definition) is 7. The molecule has 3 atom stereocenters. The van der Waals surface area contributed by atoms with E-state index in [1.165, 1.54) is 0 Å². The van der Waals surface area contributed by atoms with Crippen molar-refractivity contribution in [1.29, 1.82) is 0 Å². The summed E-state index contributed by atoms with van der Waals surface area (Å²) in [7, 11) is 0. The number of thioether (sulfide) groups is 1. The van der Waals surface area contributed by atoms with Crippen LogP contribution in [0, 0.1) is 6.92 Å². The number of ether oxygens (including phenoxy) is 1. The van der Waals surface area contributed by atoms with Crippen LogP contribution < -0.4 is 11.5 Å². The van der Waals surface area contributed by atoms with E-state index in [-0.39, 0.29) is 37.0 Å². The molecule has 9 nitrogen and oxygen atoms in total. The first-order valence-electron chi connectivity index (χ1n) is 14.6. The molecule has 2 unspecified atom stereocenters. The number of amides is 3. The van der Waals surface area contributed by atoms with Gasteiger partial charge in [0.1, 0.15) is 18.8 Å². The predicted octanol–water partition coefficient (Wildman–Crippen LogP) is 4.10. The SMILES string of the molecule is CSCCCN1CC2N(C(=O)OCc3cc(C)cc(C(F)(F)F)c3)C(CCCCN)CC(=O)N2[C@@H](CCCCN)C1=O. The number of aryl methyl sites for hydroxylation is 1. The van der Waals surface area contributed by atoms with Gasteiger partial charge in [-0.15, -0.1) is 0 Å². The van der Waals surface area contributed by atoms with Gasteiger partial charge in [-0.25, -0.2) is 4.79 Å². The predicted molar refractivity (Wildman–Crippen MR) is 156 cm³/mol. The van der Waals surface area contributed by atoms with Crippen LogP contribution in [0.5, 0.6) is 0 Å². The number of nitrogens with two attached hydrogens (primary N) is 2.